The summed E-state index contributed by atoms with van der Waals surface area (Å²) in [5.41, 5.74) is 5.95. The molecule has 1 aliphatic heterocycles. The first kappa shape index (κ1) is 11.5. The van der Waals surface area contributed by atoms with Gasteiger partial charge in [0.05, 0.1) is 12.6 Å². The molecule has 6 heteroatoms. The molecule has 1 unspecified atom stereocenters. The summed E-state index contributed by atoms with van der Waals surface area (Å²) in [6, 6.07) is 0.176. The molecular formula is C10H15N3O2S. The van der Waals surface area contributed by atoms with Gasteiger partial charge in [0.25, 0.3) is 5.91 Å². The van der Waals surface area contributed by atoms with E-state index in [1.165, 1.54) is 11.3 Å². The Balaban J connectivity index is 2.05. The van der Waals surface area contributed by atoms with E-state index in [1.54, 1.807) is 17.3 Å². The lowest BCUT2D eigenvalue weighted by atomic mass is 10.2. The summed E-state index contributed by atoms with van der Waals surface area (Å²) in [7, 11) is 1.79. The summed E-state index contributed by atoms with van der Waals surface area (Å²) in [6.07, 6.45) is 0.899. The average molecular weight is 241 g/mol. The van der Waals surface area contributed by atoms with Crippen molar-refractivity contribution in [1.29, 1.82) is 0 Å². The molecule has 2 heterocycles. The topological polar surface area (TPSA) is 68.5 Å². The molecule has 1 amide bonds. The highest BCUT2D eigenvalue weighted by Gasteiger charge is 2.26. The number of nitrogens with zero attached hydrogens (tertiary/aromatic N) is 2. The molecule has 1 atom stereocenters. The van der Waals surface area contributed by atoms with Crippen LogP contribution in [0.4, 0.5) is 0 Å². The number of nitrogens with two attached hydrogens (primary N) is 1. The van der Waals surface area contributed by atoms with Gasteiger partial charge in [0.2, 0.25) is 0 Å². The van der Waals surface area contributed by atoms with Crippen molar-refractivity contribution in [1.82, 2.24) is 9.88 Å². The van der Waals surface area contributed by atoms with Crippen molar-refractivity contribution in [3.8, 4) is 0 Å². The van der Waals surface area contributed by atoms with Crippen molar-refractivity contribution < 1.29 is 9.53 Å². The Hall–Kier alpha value is -0.980. The van der Waals surface area contributed by atoms with Crippen molar-refractivity contribution in [3.63, 3.8) is 0 Å². The van der Waals surface area contributed by atoms with Gasteiger partial charge in [0, 0.05) is 25.6 Å². The number of likely N-dealkylation sites (N-methyl/N-ethyl adjacent to an activating group) is 1. The Labute approximate surface area is 98.2 Å². The first-order valence-electron chi connectivity index (χ1n) is 5.21. The maximum Gasteiger partial charge on any atom is 0.273 e. The second kappa shape index (κ2) is 4.90. The van der Waals surface area contributed by atoms with Gasteiger partial charge in [0.1, 0.15) is 10.7 Å². The van der Waals surface area contributed by atoms with Gasteiger partial charge in [-0.3, -0.25) is 4.79 Å². The van der Waals surface area contributed by atoms with E-state index in [1.807, 2.05) is 0 Å². The number of rotatable bonds is 3. The normalized spacial score (nSPS) is 20.0. The van der Waals surface area contributed by atoms with E-state index in [0.29, 0.717) is 18.8 Å². The zero-order valence-corrected chi connectivity index (χ0v) is 10.00. The average Bonchev–Trinajstić information content (AvgIpc) is 2.97. The van der Waals surface area contributed by atoms with E-state index in [9.17, 15) is 4.79 Å². The molecule has 0 bridgehead atoms. The Kier molecular flexibility index (Phi) is 3.52. The van der Waals surface area contributed by atoms with E-state index in [0.717, 1.165) is 18.0 Å². The number of carbonyl (C=O) groups is 1. The summed E-state index contributed by atoms with van der Waals surface area (Å²) in [6.45, 7) is 1.73. The van der Waals surface area contributed by atoms with Crippen LogP contribution < -0.4 is 5.73 Å². The van der Waals surface area contributed by atoms with Gasteiger partial charge in [-0.15, -0.1) is 11.3 Å². The summed E-state index contributed by atoms with van der Waals surface area (Å²) >= 11 is 1.42. The lowest BCUT2D eigenvalue weighted by Gasteiger charge is -2.21. The number of hydrogen-bond acceptors (Lipinski definition) is 5. The maximum absolute atomic E-state index is 12.0. The molecule has 1 aliphatic rings. The molecule has 0 aromatic carbocycles. The van der Waals surface area contributed by atoms with Crippen molar-refractivity contribution >= 4 is 17.2 Å². The zero-order chi connectivity index (χ0) is 11.5. The number of thiazole rings is 1. The molecule has 0 spiro atoms. The lowest BCUT2D eigenvalue weighted by molar-refractivity contribution is 0.0706. The molecule has 2 rings (SSSR count). The molecule has 16 heavy (non-hydrogen) atoms. The fraction of sp³-hybridized carbons (Fsp3) is 0.600. The summed E-state index contributed by atoms with van der Waals surface area (Å²) in [5.74, 6) is -0.0496. The number of aromatic nitrogens is 1. The summed E-state index contributed by atoms with van der Waals surface area (Å²) in [5, 5.41) is 2.55. The number of hydrogen-bond donors (Lipinski definition) is 1. The van der Waals surface area contributed by atoms with Gasteiger partial charge >= 0.3 is 0 Å². The highest BCUT2D eigenvalue weighted by molar-refractivity contribution is 7.09. The summed E-state index contributed by atoms with van der Waals surface area (Å²) in [4.78, 5) is 17.9. The van der Waals surface area contributed by atoms with Gasteiger partial charge < -0.3 is 15.4 Å². The fourth-order valence-electron chi connectivity index (χ4n) is 1.68. The second-order valence-electron chi connectivity index (χ2n) is 3.76. The molecule has 1 fully saturated rings. The van der Waals surface area contributed by atoms with E-state index < -0.39 is 0 Å². The van der Waals surface area contributed by atoms with Gasteiger partial charge in [-0.05, 0) is 6.42 Å². The van der Waals surface area contributed by atoms with Crippen LogP contribution in [0.1, 0.15) is 21.9 Å². The molecule has 2 N–H and O–H groups in total. The SMILES string of the molecule is CN(C(=O)c1csc(CN)n1)C1CCOC1. The standard InChI is InChI=1S/C10H15N3O2S/c1-13(7-2-3-15-5-7)10(14)8-6-16-9(4-11)12-8/h6-7H,2-5,11H2,1H3. The van der Waals surface area contributed by atoms with Crippen LogP contribution in [-0.2, 0) is 11.3 Å². The molecule has 5 nitrogen and oxygen atoms in total. The molecule has 0 aliphatic carbocycles. The minimum Gasteiger partial charge on any atom is -0.379 e. The monoisotopic (exact) mass is 241 g/mol. The predicted molar refractivity (Wildman–Crippen MR) is 61.3 cm³/mol. The van der Waals surface area contributed by atoms with Crippen molar-refractivity contribution in [2.75, 3.05) is 20.3 Å². The van der Waals surface area contributed by atoms with Crippen molar-refractivity contribution in [3.05, 3.63) is 16.1 Å². The highest BCUT2D eigenvalue weighted by Crippen LogP contribution is 2.15. The van der Waals surface area contributed by atoms with Gasteiger partial charge in [0.15, 0.2) is 0 Å². The van der Waals surface area contributed by atoms with E-state index in [2.05, 4.69) is 4.98 Å². The van der Waals surface area contributed by atoms with Gasteiger partial charge in [-0.2, -0.15) is 0 Å². The fourth-order valence-corrected chi connectivity index (χ4v) is 2.33. The van der Waals surface area contributed by atoms with E-state index >= 15 is 0 Å². The number of carbonyl (C=O) groups excluding carboxylic acids is 1. The van der Waals surface area contributed by atoms with Gasteiger partial charge in [-0.1, -0.05) is 0 Å². The third-order valence-corrected chi connectivity index (χ3v) is 3.59. The number of ether oxygens (including phenoxy) is 1. The Morgan fingerprint density at radius 1 is 1.81 bits per heavy atom. The summed E-state index contributed by atoms with van der Waals surface area (Å²) < 4.78 is 5.26. The third-order valence-electron chi connectivity index (χ3n) is 2.72. The van der Waals surface area contributed by atoms with Crippen LogP contribution in [0.2, 0.25) is 0 Å². The van der Waals surface area contributed by atoms with E-state index in [4.69, 9.17) is 10.5 Å². The van der Waals surface area contributed by atoms with Crippen LogP contribution >= 0.6 is 11.3 Å². The van der Waals surface area contributed by atoms with Crippen LogP contribution in [0.25, 0.3) is 0 Å². The lowest BCUT2D eigenvalue weighted by Crippen LogP contribution is -2.37. The third kappa shape index (κ3) is 2.23. The Bertz CT molecular complexity index is 374. The maximum atomic E-state index is 12.0. The van der Waals surface area contributed by atoms with Gasteiger partial charge in [-0.25, -0.2) is 4.98 Å². The molecule has 88 valence electrons. The predicted octanol–water partition coefficient (Wildman–Crippen LogP) is 0.463. The van der Waals surface area contributed by atoms with Crippen molar-refractivity contribution in [2.45, 2.75) is 19.0 Å². The minimum absolute atomic E-state index is 0.0496. The molecule has 0 saturated carbocycles. The quantitative estimate of drug-likeness (QED) is 0.835. The molecule has 0 radical (unpaired) electrons. The first-order valence-corrected chi connectivity index (χ1v) is 6.09. The van der Waals surface area contributed by atoms with Crippen LogP contribution in [0.15, 0.2) is 5.38 Å². The molecule has 1 aromatic heterocycles. The highest BCUT2D eigenvalue weighted by atomic mass is 32.1. The van der Waals surface area contributed by atoms with Crippen molar-refractivity contribution in [2.24, 2.45) is 5.73 Å². The van der Waals surface area contributed by atoms with E-state index in [-0.39, 0.29) is 11.9 Å². The van der Waals surface area contributed by atoms with Crippen LogP contribution in [0.3, 0.4) is 0 Å². The largest absolute Gasteiger partial charge is 0.379 e. The Morgan fingerprint density at radius 2 is 2.62 bits per heavy atom. The Morgan fingerprint density at radius 3 is 3.19 bits per heavy atom. The van der Waals surface area contributed by atoms with Crippen LogP contribution in [-0.4, -0.2) is 42.1 Å². The molecular weight excluding hydrogens is 226 g/mol. The minimum atomic E-state index is -0.0496. The van der Waals surface area contributed by atoms with Crippen LogP contribution in [0.5, 0.6) is 0 Å². The molecule has 1 saturated heterocycles. The number of amides is 1. The second-order valence-corrected chi connectivity index (χ2v) is 4.71. The smallest absolute Gasteiger partial charge is 0.273 e. The molecule has 1 aromatic rings. The first-order chi connectivity index (χ1) is 7.72. The zero-order valence-electron chi connectivity index (χ0n) is 9.18. The van der Waals surface area contributed by atoms with Crippen LogP contribution in [0, 0.1) is 0 Å².